The fraction of sp³-hybridized carbons (Fsp3) is 0.179. The van der Waals surface area contributed by atoms with E-state index in [4.69, 9.17) is 9.84 Å². The number of amides is 1. The van der Waals surface area contributed by atoms with Crippen LogP contribution in [0, 0.1) is 0 Å². The van der Waals surface area contributed by atoms with Crippen LogP contribution < -0.4 is 5.32 Å². The number of esters is 1. The Morgan fingerprint density at radius 2 is 1.68 bits per heavy atom. The molecule has 1 N–H and O–H groups in total. The molecule has 34 heavy (non-hydrogen) atoms. The summed E-state index contributed by atoms with van der Waals surface area (Å²) < 4.78 is 7.46. The number of cyclic esters (lactones) is 1. The summed E-state index contributed by atoms with van der Waals surface area (Å²) in [7, 11) is 0. The van der Waals surface area contributed by atoms with E-state index in [-0.39, 0.29) is 12.5 Å². The fourth-order valence-corrected chi connectivity index (χ4v) is 4.30. The molecule has 3 aromatic carbocycles. The van der Waals surface area contributed by atoms with Gasteiger partial charge in [0.15, 0.2) is 5.60 Å². The van der Waals surface area contributed by atoms with Crippen LogP contribution in [-0.4, -0.2) is 27.3 Å². The lowest BCUT2D eigenvalue weighted by Crippen LogP contribution is -2.51. The summed E-state index contributed by atoms with van der Waals surface area (Å²) in [6.07, 6.45) is 2.29. The van der Waals surface area contributed by atoms with E-state index in [9.17, 15) is 9.59 Å². The van der Waals surface area contributed by atoms with Gasteiger partial charge >= 0.3 is 5.97 Å². The summed E-state index contributed by atoms with van der Waals surface area (Å²) in [6.45, 7) is 2.56. The molecule has 1 amide bonds. The maximum absolute atomic E-state index is 13.2. The molecule has 6 heteroatoms. The van der Waals surface area contributed by atoms with Crippen molar-refractivity contribution in [1.82, 2.24) is 15.1 Å². The normalized spacial score (nSPS) is 17.0. The molecule has 0 fully saturated rings. The van der Waals surface area contributed by atoms with Crippen LogP contribution in [0.3, 0.4) is 0 Å². The van der Waals surface area contributed by atoms with Crippen LogP contribution in [0.5, 0.6) is 0 Å². The topological polar surface area (TPSA) is 73.2 Å². The molecule has 5 rings (SSSR count). The number of nitrogens with one attached hydrogen (secondary N) is 1. The molecule has 0 bridgehead atoms. The summed E-state index contributed by atoms with van der Waals surface area (Å²) in [5.74, 6) is -0.801. The second-order valence-corrected chi connectivity index (χ2v) is 8.69. The van der Waals surface area contributed by atoms with Gasteiger partial charge in [0.1, 0.15) is 0 Å². The maximum atomic E-state index is 13.2. The van der Waals surface area contributed by atoms with Crippen molar-refractivity contribution in [3.05, 3.63) is 113 Å². The molecule has 0 saturated carbocycles. The Morgan fingerprint density at radius 1 is 1.00 bits per heavy atom. The Morgan fingerprint density at radius 3 is 2.44 bits per heavy atom. The van der Waals surface area contributed by atoms with Gasteiger partial charge in [0, 0.05) is 30.3 Å². The van der Waals surface area contributed by atoms with Crippen molar-refractivity contribution in [2.45, 2.75) is 32.0 Å². The largest absolute Gasteiger partial charge is 0.445 e. The van der Waals surface area contributed by atoms with Crippen molar-refractivity contribution in [2.24, 2.45) is 0 Å². The summed E-state index contributed by atoms with van der Waals surface area (Å²) in [6, 6.07) is 27.2. The monoisotopic (exact) mass is 451 g/mol. The van der Waals surface area contributed by atoms with Crippen LogP contribution >= 0.6 is 0 Å². The molecule has 1 atom stereocenters. The summed E-state index contributed by atoms with van der Waals surface area (Å²) in [5, 5.41) is 7.78. The number of benzene rings is 3. The van der Waals surface area contributed by atoms with Gasteiger partial charge in [-0.25, -0.2) is 4.79 Å². The highest BCUT2D eigenvalue weighted by Gasteiger charge is 2.42. The molecule has 1 aromatic heterocycles. The zero-order valence-electron chi connectivity index (χ0n) is 18.9. The Bertz CT molecular complexity index is 1330. The van der Waals surface area contributed by atoms with Crippen molar-refractivity contribution in [3.63, 3.8) is 0 Å². The van der Waals surface area contributed by atoms with Gasteiger partial charge in [-0.2, -0.15) is 5.10 Å². The van der Waals surface area contributed by atoms with Crippen LogP contribution in [0.25, 0.3) is 11.3 Å². The van der Waals surface area contributed by atoms with Crippen molar-refractivity contribution < 1.29 is 14.3 Å². The molecule has 0 spiro atoms. The number of aromatic nitrogens is 2. The highest BCUT2D eigenvalue weighted by atomic mass is 16.6. The Hall–Kier alpha value is -4.19. The predicted octanol–water partition coefficient (Wildman–Crippen LogP) is 4.39. The first-order valence-electron chi connectivity index (χ1n) is 11.3. The number of hydrogen-bond donors (Lipinski definition) is 1. The van der Waals surface area contributed by atoms with Crippen LogP contribution in [0.1, 0.15) is 34.0 Å². The summed E-state index contributed by atoms with van der Waals surface area (Å²) in [4.78, 5) is 25.7. The second-order valence-electron chi connectivity index (χ2n) is 8.69. The molecule has 0 saturated heterocycles. The van der Waals surface area contributed by atoms with Gasteiger partial charge in [-0.3, -0.25) is 9.48 Å². The number of ether oxygens (including phenoxy) is 1. The zero-order chi connectivity index (χ0) is 23.5. The summed E-state index contributed by atoms with van der Waals surface area (Å²) >= 11 is 0. The third kappa shape index (κ3) is 4.35. The van der Waals surface area contributed by atoms with Crippen molar-refractivity contribution >= 4 is 11.9 Å². The fourth-order valence-electron chi connectivity index (χ4n) is 4.30. The minimum absolute atomic E-state index is 0.270. The van der Waals surface area contributed by atoms with Gasteiger partial charge in [-0.1, -0.05) is 78.9 Å². The lowest BCUT2D eigenvalue weighted by atomic mass is 9.89. The van der Waals surface area contributed by atoms with Gasteiger partial charge in [0.05, 0.1) is 17.8 Å². The number of carbonyl (C=O) groups excluding carboxylic acids is 2. The molecule has 0 aliphatic carbocycles. The van der Waals surface area contributed by atoms with Crippen LogP contribution in [0.15, 0.2) is 91.1 Å². The van der Waals surface area contributed by atoms with E-state index in [1.807, 2.05) is 71.5 Å². The van der Waals surface area contributed by atoms with Gasteiger partial charge < -0.3 is 10.1 Å². The first kappa shape index (κ1) is 21.6. The number of rotatable bonds is 6. The first-order chi connectivity index (χ1) is 16.5. The first-order valence-corrected chi connectivity index (χ1v) is 11.3. The Balaban J connectivity index is 1.37. The van der Waals surface area contributed by atoms with Crippen molar-refractivity contribution in [1.29, 1.82) is 0 Å². The number of fused-ring (bicyclic) bond motifs is 1. The Labute approximate surface area is 198 Å². The molecule has 2 heterocycles. The van der Waals surface area contributed by atoms with Gasteiger partial charge in [0.2, 0.25) is 0 Å². The molecular formula is C28H25N3O3. The third-order valence-corrected chi connectivity index (χ3v) is 6.07. The lowest BCUT2D eigenvalue weighted by molar-refractivity contribution is -0.139. The quantitative estimate of drug-likeness (QED) is 0.442. The minimum Gasteiger partial charge on any atom is -0.445 e. The molecule has 170 valence electrons. The molecule has 4 aromatic rings. The summed E-state index contributed by atoms with van der Waals surface area (Å²) in [5.41, 5.74) is 3.88. The van der Waals surface area contributed by atoms with Crippen LogP contribution in [0.2, 0.25) is 0 Å². The molecule has 6 nitrogen and oxygen atoms in total. The second kappa shape index (κ2) is 8.98. The number of hydrogen-bond acceptors (Lipinski definition) is 4. The van der Waals surface area contributed by atoms with Gasteiger partial charge in [-0.15, -0.1) is 0 Å². The standard InChI is InChI=1S/C28H25N3O3/c1-28(16-22-14-8-9-15-24(22)26(32)34-28)27(33)29-17-23-19-31(18-20-10-4-2-5-11-20)30-25(23)21-12-6-3-7-13-21/h2-15,19H,16-18H2,1H3,(H,29,33)/t28-/m1/s1. The number of nitrogens with zero attached hydrogens (tertiary/aromatic N) is 2. The van der Waals surface area contributed by atoms with Gasteiger partial charge in [0.25, 0.3) is 5.91 Å². The highest BCUT2D eigenvalue weighted by Crippen LogP contribution is 2.29. The predicted molar refractivity (Wildman–Crippen MR) is 129 cm³/mol. The zero-order valence-corrected chi connectivity index (χ0v) is 18.9. The Kier molecular flexibility index (Phi) is 5.72. The van der Waals surface area contributed by atoms with Crippen molar-refractivity contribution in [3.8, 4) is 11.3 Å². The van der Waals surface area contributed by atoms with E-state index in [1.54, 1.807) is 19.1 Å². The average molecular weight is 452 g/mol. The SMILES string of the molecule is C[C@]1(C(=O)NCc2cn(Cc3ccccc3)nc2-c2ccccc2)Cc2ccccc2C(=O)O1. The molecule has 0 unspecified atom stereocenters. The van der Waals surface area contributed by atoms with E-state index < -0.39 is 11.6 Å². The number of carbonyl (C=O) groups is 2. The minimum atomic E-state index is -1.27. The smallest absolute Gasteiger partial charge is 0.339 e. The molecule has 0 radical (unpaired) electrons. The van der Waals surface area contributed by atoms with E-state index >= 15 is 0 Å². The van der Waals surface area contributed by atoms with E-state index in [0.29, 0.717) is 18.5 Å². The van der Waals surface area contributed by atoms with E-state index in [1.165, 1.54) is 0 Å². The lowest BCUT2D eigenvalue weighted by Gasteiger charge is -2.33. The van der Waals surface area contributed by atoms with E-state index in [0.717, 1.165) is 27.9 Å². The molecular weight excluding hydrogens is 426 g/mol. The average Bonchev–Trinajstić information content (AvgIpc) is 3.26. The van der Waals surface area contributed by atoms with Gasteiger partial charge in [-0.05, 0) is 24.1 Å². The van der Waals surface area contributed by atoms with Crippen molar-refractivity contribution in [2.75, 3.05) is 0 Å². The molecule has 1 aliphatic rings. The third-order valence-electron chi connectivity index (χ3n) is 6.07. The van der Waals surface area contributed by atoms with Crippen LogP contribution in [-0.2, 0) is 29.0 Å². The maximum Gasteiger partial charge on any atom is 0.339 e. The molecule has 1 aliphatic heterocycles. The van der Waals surface area contributed by atoms with E-state index in [2.05, 4.69) is 17.4 Å². The van der Waals surface area contributed by atoms with Crippen LogP contribution in [0.4, 0.5) is 0 Å². The highest BCUT2D eigenvalue weighted by molar-refractivity contribution is 5.97.